The van der Waals surface area contributed by atoms with Gasteiger partial charge in [0, 0.05) is 11.1 Å². The van der Waals surface area contributed by atoms with Crippen molar-refractivity contribution in [3.8, 4) is 17.2 Å². The second-order valence-corrected chi connectivity index (χ2v) is 4.87. The summed E-state index contributed by atoms with van der Waals surface area (Å²) >= 11 is 0. The SMILES string of the molecule is O=Cc1cc(C(=O)Nc2coc(-c3ccccc3)n2)cc(F)c1O. The van der Waals surface area contributed by atoms with Gasteiger partial charge in [0.1, 0.15) is 6.26 Å². The first-order chi connectivity index (χ1) is 11.6. The van der Waals surface area contributed by atoms with E-state index in [9.17, 15) is 19.1 Å². The summed E-state index contributed by atoms with van der Waals surface area (Å²) < 4.78 is 18.8. The highest BCUT2D eigenvalue weighted by molar-refractivity contribution is 6.04. The van der Waals surface area contributed by atoms with Gasteiger partial charge in [0.15, 0.2) is 23.7 Å². The molecule has 0 aliphatic carbocycles. The van der Waals surface area contributed by atoms with E-state index in [1.165, 1.54) is 6.26 Å². The van der Waals surface area contributed by atoms with Gasteiger partial charge in [0.05, 0.1) is 5.56 Å². The number of hydrogen-bond acceptors (Lipinski definition) is 5. The average Bonchev–Trinajstić information content (AvgIpc) is 3.06. The van der Waals surface area contributed by atoms with Crippen LogP contribution in [0.25, 0.3) is 11.5 Å². The summed E-state index contributed by atoms with van der Waals surface area (Å²) in [5.74, 6) is -2.09. The number of phenolic OH excluding ortho intramolecular Hbond substituents is 1. The van der Waals surface area contributed by atoms with E-state index in [1.807, 2.05) is 18.2 Å². The van der Waals surface area contributed by atoms with Crippen molar-refractivity contribution in [1.29, 1.82) is 0 Å². The molecule has 0 bridgehead atoms. The van der Waals surface area contributed by atoms with E-state index < -0.39 is 17.5 Å². The number of rotatable bonds is 4. The van der Waals surface area contributed by atoms with Crippen LogP contribution in [0, 0.1) is 5.82 Å². The van der Waals surface area contributed by atoms with E-state index in [0.717, 1.165) is 17.7 Å². The number of hydrogen-bond donors (Lipinski definition) is 2. The predicted molar refractivity (Wildman–Crippen MR) is 83.3 cm³/mol. The highest BCUT2D eigenvalue weighted by atomic mass is 19.1. The van der Waals surface area contributed by atoms with E-state index in [2.05, 4.69) is 10.3 Å². The Bertz CT molecular complexity index is 906. The van der Waals surface area contributed by atoms with Crippen molar-refractivity contribution in [2.75, 3.05) is 5.32 Å². The van der Waals surface area contributed by atoms with Gasteiger partial charge in [-0.15, -0.1) is 0 Å². The number of nitrogens with one attached hydrogen (secondary N) is 1. The molecule has 0 radical (unpaired) electrons. The lowest BCUT2D eigenvalue weighted by molar-refractivity contribution is 0.102. The Morgan fingerprint density at radius 3 is 2.71 bits per heavy atom. The van der Waals surface area contributed by atoms with Crippen LogP contribution >= 0.6 is 0 Å². The van der Waals surface area contributed by atoms with Gasteiger partial charge >= 0.3 is 0 Å². The van der Waals surface area contributed by atoms with Gasteiger partial charge in [-0.25, -0.2) is 4.39 Å². The fourth-order valence-corrected chi connectivity index (χ4v) is 2.07. The first kappa shape index (κ1) is 15.4. The van der Waals surface area contributed by atoms with E-state index >= 15 is 0 Å². The summed E-state index contributed by atoms with van der Waals surface area (Å²) in [5.41, 5.74) is 0.291. The second kappa shape index (κ2) is 6.33. The smallest absolute Gasteiger partial charge is 0.257 e. The summed E-state index contributed by atoms with van der Waals surface area (Å²) in [6, 6.07) is 11.0. The molecule has 24 heavy (non-hydrogen) atoms. The Morgan fingerprint density at radius 1 is 1.25 bits per heavy atom. The normalized spacial score (nSPS) is 10.4. The first-order valence-electron chi connectivity index (χ1n) is 6.88. The fraction of sp³-hybridized carbons (Fsp3) is 0. The van der Waals surface area contributed by atoms with Crippen molar-refractivity contribution in [1.82, 2.24) is 4.98 Å². The monoisotopic (exact) mass is 326 g/mol. The van der Waals surface area contributed by atoms with Crippen LogP contribution in [0.3, 0.4) is 0 Å². The Balaban J connectivity index is 1.82. The lowest BCUT2D eigenvalue weighted by atomic mass is 10.1. The number of oxazole rings is 1. The fourth-order valence-electron chi connectivity index (χ4n) is 2.07. The van der Waals surface area contributed by atoms with Crippen molar-refractivity contribution in [3.63, 3.8) is 0 Å². The summed E-state index contributed by atoms with van der Waals surface area (Å²) in [7, 11) is 0. The van der Waals surface area contributed by atoms with Crippen LogP contribution in [-0.4, -0.2) is 22.3 Å². The lowest BCUT2D eigenvalue weighted by Crippen LogP contribution is -2.13. The van der Waals surface area contributed by atoms with Crippen LogP contribution in [0.2, 0.25) is 0 Å². The maximum Gasteiger partial charge on any atom is 0.257 e. The summed E-state index contributed by atoms with van der Waals surface area (Å²) in [5, 5.41) is 11.8. The molecule has 6 nitrogen and oxygen atoms in total. The van der Waals surface area contributed by atoms with Gasteiger partial charge in [0.2, 0.25) is 5.89 Å². The van der Waals surface area contributed by atoms with Crippen LogP contribution in [0.15, 0.2) is 53.1 Å². The van der Waals surface area contributed by atoms with Crippen molar-refractivity contribution < 1.29 is 23.5 Å². The molecule has 0 aliphatic rings. The Kier molecular flexibility index (Phi) is 4.07. The zero-order valence-electron chi connectivity index (χ0n) is 12.2. The van der Waals surface area contributed by atoms with Crippen molar-refractivity contribution >= 4 is 18.0 Å². The molecule has 3 aromatic rings. The molecular weight excluding hydrogens is 315 g/mol. The minimum atomic E-state index is -1.06. The van der Waals surface area contributed by atoms with Crippen LogP contribution < -0.4 is 5.32 Å². The van der Waals surface area contributed by atoms with Crippen LogP contribution in [0.1, 0.15) is 20.7 Å². The van der Waals surface area contributed by atoms with Crippen molar-refractivity contribution in [2.45, 2.75) is 0 Å². The topological polar surface area (TPSA) is 92.4 Å². The van der Waals surface area contributed by atoms with Gasteiger partial charge in [0.25, 0.3) is 5.91 Å². The minimum absolute atomic E-state index is 0.128. The molecular formula is C17H11FN2O4. The molecule has 0 spiro atoms. The van der Waals surface area contributed by atoms with Crippen LogP contribution in [0.5, 0.6) is 5.75 Å². The zero-order chi connectivity index (χ0) is 17.1. The van der Waals surface area contributed by atoms with Crippen molar-refractivity contribution in [3.05, 3.63) is 65.7 Å². The summed E-state index contributed by atoms with van der Waals surface area (Å²) in [6.45, 7) is 0. The standard InChI is InChI=1S/C17H11FN2O4/c18-13-7-11(6-12(8-21)15(13)22)16(23)19-14-9-24-17(20-14)10-4-2-1-3-5-10/h1-9,22H,(H,19,23). The number of aldehydes is 1. The molecule has 0 fully saturated rings. The molecule has 2 aromatic carbocycles. The molecule has 0 saturated heterocycles. The molecule has 0 aliphatic heterocycles. The molecule has 120 valence electrons. The van der Waals surface area contributed by atoms with Gasteiger partial charge in [-0.3, -0.25) is 9.59 Å². The highest BCUT2D eigenvalue weighted by Crippen LogP contribution is 2.23. The van der Waals surface area contributed by atoms with Gasteiger partial charge in [-0.1, -0.05) is 18.2 Å². The molecule has 1 heterocycles. The molecule has 1 aromatic heterocycles. The van der Waals surface area contributed by atoms with E-state index in [0.29, 0.717) is 5.89 Å². The van der Waals surface area contributed by atoms with Gasteiger partial charge < -0.3 is 14.8 Å². The van der Waals surface area contributed by atoms with E-state index in [-0.39, 0.29) is 23.2 Å². The average molecular weight is 326 g/mol. The molecule has 3 rings (SSSR count). The number of carbonyl (C=O) groups is 2. The zero-order valence-corrected chi connectivity index (χ0v) is 12.2. The number of aromatic nitrogens is 1. The molecule has 1 amide bonds. The summed E-state index contributed by atoms with van der Waals surface area (Å²) in [6.07, 6.45) is 1.51. The molecule has 0 unspecified atom stereocenters. The van der Waals surface area contributed by atoms with Crippen LogP contribution in [-0.2, 0) is 0 Å². The number of carbonyl (C=O) groups excluding carboxylic acids is 2. The third-order valence-electron chi connectivity index (χ3n) is 3.25. The van der Waals surface area contributed by atoms with E-state index in [4.69, 9.17) is 4.42 Å². The maximum atomic E-state index is 13.5. The highest BCUT2D eigenvalue weighted by Gasteiger charge is 2.16. The Hall–Kier alpha value is -3.48. The van der Waals surface area contributed by atoms with Gasteiger partial charge in [-0.05, 0) is 24.3 Å². The number of amides is 1. The first-order valence-corrected chi connectivity index (χ1v) is 6.88. The third kappa shape index (κ3) is 3.00. The molecule has 0 saturated carbocycles. The maximum absolute atomic E-state index is 13.5. The van der Waals surface area contributed by atoms with Crippen molar-refractivity contribution in [2.24, 2.45) is 0 Å². The molecule has 0 atom stereocenters. The molecule has 2 N–H and O–H groups in total. The van der Waals surface area contributed by atoms with Crippen LogP contribution in [0.4, 0.5) is 10.2 Å². The van der Waals surface area contributed by atoms with Gasteiger partial charge in [-0.2, -0.15) is 4.98 Å². The Morgan fingerprint density at radius 2 is 2.00 bits per heavy atom. The quantitative estimate of drug-likeness (QED) is 0.718. The largest absolute Gasteiger partial charge is 0.504 e. The predicted octanol–water partition coefficient (Wildman–Crippen LogP) is 3.25. The van der Waals surface area contributed by atoms with E-state index in [1.54, 1.807) is 12.1 Å². The molecule has 7 heteroatoms. The number of nitrogens with zero attached hydrogens (tertiary/aromatic N) is 1. The number of anilines is 1. The summed E-state index contributed by atoms with van der Waals surface area (Å²) in [4.78, 5) is 27.0. The third-order valence-corrected chi connectivity index (χ3v) is 3.25. The number of phenols is 1. The number of benzene rings is 2. The second-order valence-electron chi connectivity index (χ2n) is 4.87. The number of aromatic hydroxyl groups is 1. The lowest BCUT2D eigenvalue weighted by Gasteiger charge is -2.05. The Labute approximate surface area is 135 Å². The number of halogens is 1. The minimum Gasteiger partial charge on any atom is -0.504 e.